The van der Waals surface area contributed by atoms with E-state index >= 15 is 0 Å². The normalized spacial score (nSPS) is 26.4. The monoisotopic (exact) mass is 247 g/mol. The number of nitrogens with one attached hydrogen (secondary N) is 1. The van der Waals surface area contributed by atoms with E-state index < -0.39 is 0 Å². The summed E-state index contributed by atoms with van der Waals surface area (Å²) < 4.78 is 0. The van der Waals surface area contributed by atoms with Gasteiger partial charge in [-0.05, 0) is 30.9 Å². The van der Waals surface area contributed by atoms with Crippen molar-refractivity contribution in [1.82, 2.24) is 5.32 Å². The van der Waals surface area contributed by atoms with Crippen molar-refractivity contribution in [2.24, 2.45) is 5.92 Å². The van der Waals surface area contributed by atoms with Crippen LogP contribution in [-0.4, -0.2) is 30.6 Å². The van der Waals surface area contributed by atoms with Gasteiger partial charge in [0.2, 0.25) is 0 Å². The molecule has 1 aromatic rings. The van der Waals surface area contributed by atoms with Gasteiger partial charge in [-0.1, -0.05) is 6.07 Å². The molecule has 18 heavy (non-hydrogen) atoms. The van der Waals surface area contributed by atoms with Crippen LogP contribution in [0.1, 0.15) is 12.0 Å². The van der Waals surface area contributed by atoms with E-state index in [-0.39, 0.29) is 10.6 Å². The van der Waals surface area contributed by atoms with Crippen LogP contribution in [0.3, 0.4) is 0 Å². The van der Waals surface area contributed by atoms with E-state index in [1.165, 1.54) is 0 Å². The third-order valence-electron chi connectivity index (χ3n) is 4.08. The summed E-state index contributed by atoms with van der Waals surface area (Å²) >= 11 is 0. The molecule has 0 aliphatic carbocycles. The van der Waals surface area contributed by atoms with Gasteiger partial charge in [0, 0.05) is 31.7 Å². The largest absolute Gasteiger partial charge is 0.361 e. The molecule has 2 heterocycles. The molecule has 2 atom stereocenters. The number of nitrogens with zero attached hydrogens (tertiary/aromatic N) is 2. The molecule has 2 fully saturated rings. The summed E-state index contributed by atoms with van der Waals surface area (Å²) in [4.78, 5) is 13.1. The maximum atomic E-state index is 11.2. The summed E-state index contributed by atoms with van der Waals surface area (Å²) in [6.07, 6.45) is 1.13. The lowest BCUT2D eigenvalue weighted by Gasteiger charge is -2.25. The van der Waals surface area contributed by atoms with Crippen molar-refractivity contribution in [2.45, 2.75) is 19.4 Å². The molecule has 2 aliphatic rings. The molecule has 1 aromatic carbocycles. The number of rotatable bonds is 2. The molecule has 0 amide bonds. The minimum absolute atomic E-state index is 0.238. The zero-order chi connectivity index (χ0) is 12.7. The first kappa shape index (κ1) is 11.5. The summed E-state index contributed by atoms with van der Waals surface area (Å²) in [5, 5.41) is 14.6. The first-order valence-corrected chi connectivity index (χ1v) is 6.39. The van der Waals surface area contributed by atoms with Crippen molar-refractivity contribution >= 4 is 11.4 Å². The fourth-order valence-corrected chi connectivity index (χ4v) is 3.17. The average molecular weight is 247 g/mol. The smallest absolute Gasteiger partial charge is 0.292 e. The maximum Gasteiger partial charge on any atom is 0.292 e. The quantitative estimate of drug-likeness (QED) is 0.638. The zero-order valence-electron chi connectivity index (χ0n) is 10.4. The number of fused-ring (bicyclic) bond motifs is 1. The SMILES string of the molecule is Cc1ccc(N2CC[C@H]3CNC[C@H]32)c([N+](=O)[O-])c1. The van der Waals surface area contributed by atoms with E-state index in [2.05, 4.69) is 10.2 Å². The number of nitro benzene ring substituents is 1. The Hall–Kier alpha value is -1.62. The number of anilines is 1. The van der Waals surface area contributed by atoms with Gasteiger partial charge in [0.15, 0.2) is 0 Å². The summed E-state index contributed by atoms with van der Waals surface area (Å²) in [5.41, 5.74) is 1.95. The molecule has 0 saturated carbocycles. The fraction of sp³-hybridized carbons (Fsp3) is 0.538. The van der Waals surface area contributed by atoms with Gasteiger partial charge in [0.25, 0.3) is 5.69 Å². The molecule has 5 nitrogen and oxygen atoms in total. The second-order valence-electron chi connectivity index (χ2n) is 5.22. The lowest BCUT2D eigenvalue weighted by atomic mass is 10.0. The van der Waals surface area contributed by atoms with Crippen LogP contribution >= 0.6 is 0 Å². The van der Waals surface area contributed by atoms with Crippen LogP contribution in [0.4, 0.5) is 11.4 Å². The van der Waals surface area contributed by atoms with E-state index in [0.29, 0.717) is 12.0 Å². The second kappa shape index (κ2) is 4.24. The maximum absolute atomic E-state index is 11.2. The lowest BCUT2D eigenvalue weighted by Crippen LogP contribution is -2.34. The molecular formula is C13H17N3O2. The van der Waals surface area contributed by atoms with Gasteiger partial charge in [-0.15, -0.1) is 0 Å². The first-order chi connectivity index (χ1) is 8.66. The zero-order valence-corrected chi connectivity index (χ0v) is 10.4. The first-order valence-electron chi connectivity index (χ1n) is 6.39. The molecule has 0 unspecified atom stereocenters. The topological polar surface area (TPSA) is 58.4 Å². The summed E-state index contributed by atoms with van der Waals surface area (Å²) in [6.45, 7) is 4.80. The van der Waals surface area contributed by atoms with E-state index in [0.717, 1.165) is 37.3 Å². The molecule has 0 aromatic heterocycles. The van der Waals surface area contributed by atoms with Gasteiger partial charge in [-0.2, -0.15) is 0 Å². The highest BCUT2D eigenvalue weighted by molar-refractivity contribution is 5.65. The van der Waals surface area contributed by atoms with Gasteiger partial charge in [-0.3, -0.25) is 10.1 Å². The number of hydrogen-bond acceptors (Lipinski definition) is 4. The third kappa shape index (κ3) is 1.75. The molecule has 2 saturated heterocycles. The van der Waals surface area contributed by atoms with E-state index in [9.17, 15) is 10.1 Å². The van der Waals surface area contributed by atoms with Crippen LogP contribution in [0.2, 0.25) is 0 Å². The Morgan fingerprint density at radius 1 is 1.44 bits per heavy atom. The number of aryl methyl sites for hydroxylation is 1. The Kier molecular flexibility index (Phi) is 2.70. The minimum Gasteiger partial charge on any atom is -0.361 e. The highest BCUT2D eigenvalue weighted by Gasteiger charge is 2.39. The van der Waals surface area contributed by atoms with Crippen LogP contribution in [-0.2, 0) is 0 Å². The van der Waals surface area contributed by atoms with Crippen molar-refractivity contribution in [3.63, 3.8) is 0 Å². The van der Waals surface area contributed by atoms with E-state index in [4.69, 9.17) is 0 Å². The number of hydrogen-bond donors (Lipinski definition) is 1. The lowest BCUT2D eigenvalue weighted by molar-refractivity contribution is -0.384. The second-order valence-corrected chi connectivity index (χ2v) is 5.22. The Morgan fingerprint density at radius 3 is 3.06 bits per heavy atom. The molecule has 96 valence electrons. The van der Waals surface area contributed by atoms with Crippen molar-refractivity contribution < 1.29 is 4.92 Å². The standard InChI is InChI=1S/C13H17N3O2/c1-9-2-3-11(12(6-9)16(17)18)15-5-4-10-7-14-8-13(10)15/h2-3,6,10,13-14H,4-5,7-8H2,1H3/t10-,13+/m0/s1. The van der Waals surface area contributed by atoms with Gasteiger partial charge in [0.1, 0.15) is 5.69 Å². The third-order valence-corrected chi connectivity index (χ3v) is 4.08. The predicted octanol–water partition coefficient (Wildman–Crippen LogP) is 1.70. The summed E-state index contributed by atoms with van der Waals surface area (Å²) in [5.74, 6) is 0.644. The molecule has 5 heteroatoms. The summed E-state index contributed by atoms with van der Waals surface area (Å²) in [6, 6.07) is 5.95. The molecule has 0 radical (unpaired) electrons. The molecule has 0 spiro atoms. The van der Waals surface area contributed by atoms with Gasteiger partial charge < -0.3 is 10.2 Å². The number of benzene rings is 1. The highest BCUT2D eigenvalue weighted by Crippen LogP contribution is 2.37. The molecule has 3 rings (SSSR count). The predicted molar refractivity (Wildman–Crippen MR) is 69.9 cm³/mol. The van der Waals surface area contributed by atoms with Crippen molar-refractivity contribution in [1.29, 1.82) is 0 Å². The van der Waals surface area contributed by atoms with Crippen LogP contribution in [0, 0.1) is 23.0 Å². The Morgan fingerprint density at radius 2 is 2.28 bits per heavy atom. The molecular weight excluding hydrogens is 230 g/mol. The van der Waals surface area contributed by atoms with Crippen molar-refractivity contribution in [3.8, 4) is 0 Å². The van der Waals surface area contributed by atoms with Gasteiger partial charge in [0.05, 0.1) is 4.92 Å². The summed E-state index contributed by atoms with van der Waals surface area (Å²) in [7, 11) is 0. The Balaban J connectivity index is 1.99. The van der Waals surface area contributed by atoms with Crippen LogP contribution in [0.15, 0.2) is 18.2 Å². The van der Waals surface area contributed by atoms with Crippen molar-refractivity contribution in [2.75, 3.05) is 24.5 Å². The molecule has 0 bridgehead atoms. The van der Waals surface area contributed by atoms with E-state index in [1.807, 2.05) is 19.1 Å². The Labute approximate surface area is 106 Å². The molecule has 1 N–H and O–H groups in total. The fourth-order valence-electron chi connectivity index (χ4n) is 3.17. The highest BCUT2D eigenvalue weighted by atomic mass is 16.6. The van der Waals surface area contributed by atoms with Crippen molar-refractivity contribution in [3.05, 3.63) is 33.9 Å². The van der Waals surface area contributed by atoms with Crippen LogP contribution in [0.5, 0.6) is 0 Å². The van der Waals surface area contributed by atoms with Crippen LogP contribution < -0.4 is 10.2 Å². The van der Waals surface area contributed by atoms with Crippen LogP contribution in [0.25, 0.3) is 0 Å². The molecule has 2 aliphatic heterocycles. The van der Waals surface area contributed by atoms with Gasteiger partial charge >= 0.3 is 0 Å². The Bertz CT molecular complexity index is 489. The van der Waals surface area contributed by atoms with Gasteiger partial charge in [-0.25, -0.2) is 0 Å². The van der Waals surface area contributed by atoms with E-state index in [1.54, 1.807) is 6.07 Å². The number of nitro groups is 1. The average Bonchev–Trinajstić information content (AvgIpc) is 2.91. The minimum atomic E-state index is -0.266.